The fourth-order valence-electron chi connectivity index (χ4n) is 2.77. The summed E-state index contributed by atoms with van der Waals surface area (Å²) in [6.45, 7) is 3.70. The predicted octanol–water partition coefficient (Wildman–Crippen LogP) is 0.672. The Kier molecular flexibility index (Phi) is 4.77. The van der Waals surface area contributed by atoms with Crippen LogP contribution in [0.2, 0.25) is 0 Å². The minimum Gasteiger partial charge on any atom is -0.383 e. The molecule has 1 fully saturated rings. The minimum atomic E-state index is -0.112. The molecule has 1 aliphatic rings. The lowest BCUT2D eigenvalue weighted by Gasteiger charge is -2.34. The van der Waals surface area contributed by atoms with Crippen LogP contribution >= 0.6 is 0 Å². The zero-order valence-electron chi connectivity index (χ0n) is 13.4. The quantitative estimate of drug-likeness (QED) is 0.811. The van der Waals surface area contributed by atoms with E-state index >= 15 is 0 Å². The monoisotopic (exact) mass is 324 g/mol. The van der Waals surface area contributed by atoms with Gasteiger partial charge < -0.3 is 16.0 Å². The van der Waals surface area contributed by atoms with Crippen molar-refractivity contribution >= 4 is 22.8 Å². The molecular weight excluding hydrogens is 304 g/mol. The lowest BCUT2D eigenvalue weighted by molar-refractivity contribution is 0.134. The molecule has 7 heteroatoms. The van der Waals surface area contributed by atoms with E-state index in [-0.39, 0.29) is 12.6 Å². The molecule has 0 aliphatic carbocycles. The van der Waals surface area contributed by atoms with E-state index in [2.05, 4.69) is 26.1 Å². The number of hydrogen-bond acceptors (Lipinski definition) is 5. The standard InChI is InChI=1S/C17H20N6O/c1-2-7-19-17(24)23-10-8-22(9-11-23)12-15-20-14-6-4-3-5-13(14)16(18)21-15/h1,3-6H,7-12H2,(H,19,24)(H2,18,20,21). The van der Waals surface area contributed by atoms with Gasteiger partial charge in [-0.05, 0) is 12.1 Å². The summed E-state index contributed by atoms with van der Waals surface area (Å²) in [5.41, 5.74) is 6.88. The van der Waals surface area contributed by atoms with Crippen molar-refractivity contribution in [3.05, 3.63) is 30.1 Å². The summed E-state index contributed by atoms with van der Waals surface area (Å²) in [6, 6.07) is 7.60. The number of nitrogen functional groups attached to an aromatic ring is 1. The van der Waals surface area contributed by atoms with Crippen LogP contribution in [0.3, 0.4) is 0 Å². The molecular formula is C17H20N6O. The van der Waals surface area contributed by atoms with Gasteiger partial charge in [0.15, 0.2) is 0 Å². The van der Waals surface area contributed by atoms with Crippen molar-refractivity contribution in [2.45, 2.75) is 6.54 Å². The average molecular weight is 324 g/mol. The van der Waals surface area contributed by atoms with Gasteiger partial charge in [-0.2, -0.15) is 0 Å². The van der Waals surface area contributed by atoms with E-state index in [0.717, 1.165) is 24.0 Å². The Bertz CT molecular complexity index is 776. The van der Waals surface area contributed by atoms with Gasteiger partial charge >= 0.3 is 6.03 Å². The topological polar surface area (TPSA) is 87.4 Å². The maximum atomic E-state index is 11.9. The maximum absolute atomic E-state index is 11.9. The summed E-state index contributed by atoms with van der Waals surface area (Å²) in [7, 11) is 0. The van der Waals surface area contributed by atoms with Gasteiger partial charge in [0.1, 0.15) is 11.6 Å². The van der Waals surface area contributed by atoms with Gasteiger partial charge in [-0.15, -0.1) is 6.42 Å². The number of aromatic nitrogens is 2. The number of nitrogens with two attached hydrogens (primary N) is 1. The van der Waals surface area contributed by atoms with E-state index in [4.69, 9.17) is 12.2 Å². The number of piperazine rings is 1. The predicted molar refractivity (Wildman–Crippen MR) is 93.0 cm³/mol. The van der Waals surface area contributed by atoms with Crippen molar-refractivity contribution < 1.29 is 4.79 Å². The Balaban J connectivity index is 1.60. The van der Waals surface area contributed by atoms with Gasteiger partial charge in [-0.1, -0.05) is 18.1 Å². The third-order valence-corrected chi connectivity index (χ3v) is 4.05. The Morgan fingerprint density at radius 2 is 2.00 bits per heavy atom. The molecule has 2 heterocycles. The summed E-state index contributed by atoms with van der Waals surface area (Å²) in [5, 5.41) is 3.56. The van der Waals surface area contributed by atoms with Crippen LogP contribution in [0.25, 0.3) is 10.9 Å². The Morgan fingerprint density at radius 1 is 1.25 bits per heavy atom. The second-order valence-corrected chi connectivity index (χ2v) is 5.67. The molecule has 0 unspecified atom stereocenters. The van der Waals surface area contributed by atoms with Crippen LogP contribution in [-0.4, -0.2) is 58.5 Å². The Labute approximate surface area is 140 Å². The Morgan fingerprint density at radius 3 is 2.75 bits per heavy atom. The number of carbonyl (C=O) groups is 1. The number of urea groups is 1. The molecule has 1 aromatic heterocycles. The van der Waals surface area contributed by atoms with Crippen LogP contribution in [0.4, 0.5) is 10.6 Å². The highest BCUT2D eigenvalue weighted by Gasteiger charge is 2.21. The van der Waals surface area contributed by atoms with Gasteiger partial charge in [0, 0.05) is 31.6 Å². The molecule has 0 spiro atoms. The zero-order valence-corrected chi connectivity index (χ0v) is 13.4. The smallest absolute Gasteiger partial charge is 0.318 e. The van der Waals surface area contributed by atoms with Crippen LogP contribution in [0.15, 0.2) is 24.3 Å². The zero-order chi connectivity index (χ0) is 16.9. The van der Waals surface area contributed by atoms with Gasteiger partial charge in [0.25, 0.3) is 0 Å². The number of terminal acetylenes is 1. The van der Waals surface area contributed by atoms with Crippen LogP contribution in [-0.2, 0) is 6.54 Å². The SMILES string of the molecule is C#CCNC(=O)N1CCN(Cc2nc(N)c3ccccc3n2)CC1. The number of anilines is 1. The largest absolute Gasteiger partial charge is 0.383 e. The summed E-state index contributed by atoms with van der Waals surface area (Å²) in [6.07, 6.45) is 5.15. The first-order valence-corrected chi connectivity index (χ1v) is 7.87. The number of benzene rings is 1. The summed E-state index contributed by atoms with van der Waals surface area (Å²) < 4.78 is 0. The van der Waals surface area contributed by atoms with Crippen molar-refractivity contribution in [1.29, 1.82) is 0 Å². The van der Waals surface area contributed by atoms with Crippen molar-refractivity contribution in [3.63, 3.8) is 0 Å². The number of amides is 2. The normalized spacial score (nSPS) is 15.2. The van der Waals surface area contributed by atoms with E-state index in [9.17, 15) is 4.79 Å². The number of para-hydroxylation sites is 1. The van der Waals surface area contributed by atoms with E-state index in [1.807, 2.05) is 24.3 Å². The fourth-order valence-corrected chi connectivity index (χ4v) is 2.77. The molecule has 1 saturated heterocycles. The fraction of sp³-hybridized carbons (Fsp3) is 0.353. The number of nitrogens with zero attached hydrogens (tertiary/aromatic N) is 4. The second kappa shape index (κ2) is 7.15. The van der Waals surface area contributed by atoms with Crippen molar-refractivity contribution in [3.8, 4) is 12.3 Å². The van der Waals surface area contributed by atoms with Gasteiger partial charge in [-0.25, -0.2) is 14.8 Å². The molecule has 0 radical (unpaired) electrons. The third-order valence-electron chi connectivity index (χ3n) is 4.05. The number of carbonyl (C=O) groups excluding carboxylic acids is 1. The summed E-state index contributed by atoms with van der Waals surface area (Å²) >= 11 is 0. The van der Waals surface area contributed by atoms with Crippen molar-refractivity contribution in [2.24, 2.45) is 0 Å². The van der Waals surface area contributed by atoms with Gasteiger partial charge in [-0.3, -0.25) is 4.90 Å². The summed E-state index contributed by atoms with van der Waals surface area (Å²) in [5.74, 6) is 3.61. The van der Waals surface area contributed by atoms with Crippen molar-refractivity contribution in [1.82, 2.24) is 25.1 Å². The second-order valence-electron chi connectivity index (χ2n) is 5.67. The minimum absolute atomic E-state index is 0.112. The molecule has 2 aromatic rings. The molecule has 1 aromatic carbocycles. The van der Waals surface area contributed by atoms with Gasteiger partial charge in [0.2, 0.25) is 0 Å². The number of nitrogens with one attached hydrogen (secondary N) is 1. The molecule has 7 nitrogen and oxygen atoms in total. The maximum Gasteiger partial charge on any atom is 0.318 e. The molecule has 3 rings (SSSR count). The van der Waals surface area contributed by atoms with E-state index in [0.29, 0.717) is 31.3 Å². The highest BCUT2D eigenvalue weighted by Crippen LogP contribution is 2.18. The molecule has 2 amide bonds. The van der Waals surface area contributed by atoms with E-state index in [1.54, 1.807) is 4.90 Å². The molecule has 124 valence electrons. The highest BCUT2D eigenvalue weighted by molar-refractivity contribution is 5.87. The number of fused-ring (bicyclic) bond motifs is 1. The first-order chi connectivity index (χ1) is 11.7. The third kappa shape index (κ3) is 3.55. The molecule has 0 atom stereocenters. The van der Waals surface area contributed by atoms with Crippen LogP contribution in [0.5, 0.6) is 0 Å². The lowest BCUT2D eigenvalue weighted by Crippen LogP contribution is -2.51. The van der Waals surface area contributed by atoms with Crippen LogP contribution in [0, 0.1) is 12.3 Å². The lowest BCUT2D eigenvalue weighted by atomic mass is 10.2. The van der Waals surface area contributed by atoms with Gasteiger partial charge in [0.05, 0.1) is 18.6 Å². The van der Waals surface area contributed by atoms with Crippen molar-refractivity contribution in [2.75, 3.05) is 38.5 Å². The van der Waals surface area contributed by atoms with E-state index < -0.39 is 0 Å². The molecule has 3 N–H and O–H groups in total. The Hall–Kier alpha value is -2.85. The number of hydrogen-bond donors (Lipinski definition) is 2. The molecule has 0 saturated carbocycles. The first kappa shape index (κ1) is 16.0. The summed E-state index contributed by atoms with van der Waals surface area (Å²) in [4.78, 5) is 24.8. The highest BCUT2D eigenvalue weighted by atomic mass is 16.2. The van der Waals surface area contributed by atoms with E-state index in [1.165, 1.54) is 0 Å². The molecule has 1 aliphatic heterocycles. The van der Waals surface area contributed by atoms with Crippen LogP contribution < -0.4 is 11.1 Å². The molecule has 0 bridgehead atoms. The molecule has 24 heavy (non-hydrogen) atoms. The first-order valence-electron chi connectivity index (χ1n) is 7.87. The number of rotatable bonds is 3. The van der Waals surface area contributed by atoms with Crippen LogP contribution in [0.1, 0.15) is 5.82 Å². The average Bonchev–Trinajstić information content (AvgIpc) is 2.60.